The number of anilines is 1. The second-order valence-electron chi connectivity index (χ2n) is 6.09. The smallest absolute Gasteiger partial charge is 0.344 e. The maximum atomic E-state index is 12.2. The molecular formula is C21H24ClNO4. The van der Waals surface area contributed by atoms with Crippen molar-refractivity contribution in [1.82, 2.24) is 0 Å². The first-order valence-electron chi connectivity index (χ1n) is 8.89. The molecule has 0 unspecified atom stereocenters. The van der Waals surface area contributed by atoms with Crippen molar-refractivity contribution in [1.29, 1.82) is 0 Å². The second kappa shape index (κ2) is 9.97. The molecule has 1 amide bonds. The number of hydrogen-bond donors (Lipinski definition) is 1. The fourth-order valence-electron chi connectivity index (χ4n) is 2.62. The van der Waals surface area contributed by atoms with Crippen LogP contribution in [0.2, 0.25) is 5.02 Å². The molecular weight excluding hydrogens is 366 g/mol. The van der Waals surface area contributed by atoms with Gasteiger partial charge in [-0.3, -0.25) is 4.79 Å². The maximum Gasteiger partial charge on any atom is 0.344 e. The summed E-state index contributed by atoms with van der Waals surface area (Å²) >= 11 is 6.01. The van der Waals surface area contributed by atoms with E-state index in [-0.39, 0.29) is 19.1 Å². The van der Waals surface area contributed by atoms with Crippen LogP contribution < -0.4 is 10.1 Å². The molecule has 0 heterocycles. The van der Waals surface area contributed by atoms with Crippen molar-refractivity contribution in [3.05, 3.63) is 58.1 Å². The molecule has 0 fully saturated rings. The summed E-state index contributed by atoms with van der Waals surface area (Å²) in [5, 5.41) is 3.26. The number of aryl methyl sites for hydroxylation is 3. The minimum Gasteiger partial charge on any atom is -0.480 e. The number of esters is 1. The lowest BCUT2D eigenvalue weighted by Crippen LogP contribution is -2.24. The van der Waals surface area contributed by atoms with Crippen LogP contribution in [0.1, 0.15) is 30.5 Å². The number of nitrogens with one attached hydrogen (secondary N) is 1. The van der Waals surface area contributed by atoms with Crippen LogP contribution in [0.5, 0.6) is 5.75 Å². The molecule has 0 radical (unpaired) electrons. The molecule has 0 spiro atoms. The van der Waals surface area contributed by atoms with Gasteiger partial charge in [-0.2, -0.15) is 0 Å². The third-order valence-electron chi connectivity index (χ3n) is 4.06. The highest BCUT2D eigenvalue weighted by molar-refractivity contribution is 6.32. The number of rotatable bonds is 8. The van der Waals surface area contributed by atoms with E-state index >= 15 is 0 Å². The number of ether oxygens (including phenoxy) is 2. The monoisotopic (exact) mass is 389 g/mol. The average Bonchev–Trinajstić information content (AvgIpc) is 2.67. The SMILES string of the molecule is CCc1cccc(CC)c1NC(=O)COC(=O)COc1cc(C)ccc1Cl. The molecule has 2 aromatic carbocycles. The van der Waals surface area contributed by atoms with E-state index in [0.717, 1.165) is 35.2 Å². The van der Waals surface area contributed by atoms with Gasteiger partial charge in [-0.1, -0.05) is 49.7 Å². The van der Waals surface area contributed by atoms with Crippen LogP contribution in [0.3, 0.4) is 0 Å². The Bertz CT molecular complexity index is 798. The first-order chi connectivity index (χ1) is 12.9. The third kappa shape index (κ3) is 6.00. The summed E-state index contributed by atoms with van der Waals surface area (Å²) in [5.74, 6) is -0.614. The lowest BCUT2D eigenvalue weighted by atomic mass is 10.0. The Hall–Kier alpha value is -2.53. The molecule has 2 aromatic rings. The average molecular weight is 390 g/mol. The predicted octanol–water partition coefficient (Wildman–Crippen LogP) is 4.33. The molecule has 0 aliphatic heterocycles. The van der Waals surface area contributed by atoms with Gasteiger partial charge in [0, 0.05) is 5.69 Å². The highest BCUT2D eigenvalue weighted by Gasteiger charge is 2.13. The van der Waals surface area contributed by atoms with Gasteiger partial charge in [0.15, 0.2) is 13.2 Å². The maximum absolute atomic E-state index is 12.2. The Morgan fingerprint density at radius 2 is 1.70 bits per heavy atom. The van der Waals surface area contributed by atoms with Crippen molar-refractivity contribution >= 4 is 29.2 Å². The molecule has 0 aliphatic carbocycles. The van der Waals surface area contributed by atoms with E-state index in [0.29, 0.717) is 10.8 Å². The molecule has 5 nitrogen and oxygen atoms in total. The largest absolute Gasteiger partial charge is 0.480 e. The topological polar surface area (TPSA) is 64.6 Å². The van der Waals surface area contributed by atoms with Crippen LogP contribution in [0.25, 0.3) is 0 Å². The summed E-state index contributed by atoms with van der Waals surface area (Å²) in [7, 11) is 0. The van der Waals surface area contributed by atoms with Crippen molar-refractivity contribution in [2.45, 2.75) is 33.6 Å². The Morgan fingerprint density at radius 1 is 1.04 bits per heavy atom. The van der Waals surface area contributed by atoms with Crippen LogP contribution >= 0.6 is 11.6 Å². The van der Waals surface area contributed by atoms with Crippen molar-refractivity contribution in [3.8, 4) is 5.75 Å². The molecule has 6 heteroatoms. The lowest BCUT2D eigenvalue weighted by Gasteiger charge is -2.14. The van der Waals surface area contributed by atoms with Gasteiger partial charge in [0.05, 0.1) is 5.02 Å². The standard InChI is InChI=1S/C21H24ClNO4/c1-4-15-7-6-8-16(5-2)21(15)23-19(24)12-27-20(25)13-26-18-11-14(3)9-10-17(18)22/h6-11H,4-5,12-13H2,1-3H3,(H,23,24). The van der Waals surface area contributed by atoms with Crippen molar-refractivity contribution in [2.75, 3.05) is 18.5 Å². The summed E-state index contributed by atoms with van der Waals surface area (Å²) in [4.78, 5) is 24.0. The van der Waals surface area contributed by atoms with E-state index < -0.39 is 5.97 Å². The Morgan fingerprint density at radius 3 is 2.33 bits per heavy atom. The summed E-state index contributed by atoms with van der Waals surface area (Å²) in [6, 6.07) is 11.2. The van der Waals surface area contributed by atoms with Gasteiger partial charge in [-0.05, 0) is 48.6 Å². The van der Waals surface area contributed by atoms with E-state index in [1.165, 1.54) is 0 Å². The van der Waals surface area contributed by atoms with Crippen molar-refractivity contribution in [2.24, 2.45) is 0 Å². The minimum atomic E-state index is -0.637. The fourth-order valence-corrected chi connectivity index (χ4v) is 2.80. The number of benzene rings is 2. The number of hydrogen-bond acceptors (Lipinski definition) is 4. The Labute approximate surface area is 164 Å². The van der Waals surface area contributed by atoms with Gasteiger partial charge >= 0.3 is 5.97 Å². The summed E-state index contributed by atoms with van der Waals surface area (Å²) in [6.45, 7) is 5.26. The van der Waals surface area contributed by atoms with Crippen LogP contribution in [0, 0.1) is 6.92 Å². The minimum absolute atomic E-state index is 0.317. The zero-order valence-corrected chi connectivity index (χ0v) is 16.6. The van der Waals surface area contributed by atoms with Crippen LogP contribution in [-0.4, -0.2) is 25.1 Å². The Kier molecular flexibility index (Phi) is 7.67. The third-order valence-corrected chi connectivity index (χ3v) is 4.37. The molecule has 1 N–H and O–H groups in total. The van der Waals surface area contributed by atoms with Crippen LogP contribution in [0.4, 0.5) is 5.69 Å². The number of halogens is 1. The zero-order chi connectivity index (χ0) is 19.8. The summed E-state index contributed by atoms with van der Waals surface area (Å²) in [5.41, 5.74) is 3.85. The summed E-state index contributed by atoms with van der Waals surface area (Å²) < 4.78 is 10.4. The van der Waals surface area contributed by atoms with Gasteiger partial charge in [0.25, 0.3) is 5.91 Å². The number of carbonyl (C=O) groups is 2. The van der Waals surface area contributed by atoms with Crippen LogP contribution in [0.15, 0.2) is 36.4 Å². The fraction of sp³-hybridized carbons (Fsp3) is 0.333. The second-order valence-corrected chi connectivity index (χ2v) is 6.50. The van der Waals surface area contributed by atoms with Gasteiger partial charge in [0.2, 0.25) is 0 Å². The molecule has 0 aliphatic rings. The van der Waals surface area contributed by atoms with E-state index in [2.05, 4.69) is 5.32 Å². The number of amides is 1. The van der Waals surface area contributed by atoms with E-state index in [1.807, 2.05) is 45.0 Å². The molecule has 0 atom stereocenters. The number of para-hydroxylation sites is 1. The Balaban J connectivity index is 1.87. The van der Waals surface area contributed by atoms with Gasteiger partial charge in [-0.15, -0.1) is 0 Å². The number of carbonyl (C=O) groups excluding carboxylic acids is 2. The lowest BCUT2D eigenvalue weighted by molar-refractivity contribution is -0.149. The van der Waals surface area contributed by atoms with Crippen LogP contribution in [-0.2, 0) is 27.2 Å². The van der Waals surface area contributed by atoms with E-state index in [1.54, 1.807) is 12.1 Å². The molecule has 0 saturated carbocycles. The quantitative estimate of drug-likeness (QED) is 0.682. The first-order valence-corrected chi connectivity index (χ1v) is 9.27. The normalized spacial score (nSPS) is 10.4. The molecule has 0 saturated heterocycles. The van der Waals surface area contributed by atoms with Crippen molar-refractivity contribution < 1.29 is 19.1 Å². The summed E-state index contributed by atoms with van der Waals surface area (Å²) in [6.07, 6.45) is 1.60. The van der Waals surface area contributed by atoms with E-state index in [9.17, 15) is 9.59 Å². The highest BCUT2D eigenvalue weighted by atomic mass is 35.5. The van der Waals surface area contributed by atoms with Gasteiger partial charge in [-0.25, -0.2) is 4.79 Å². The van der Waals surface area contributed by atoms with E-state index in [4.69, 9.17) is 21.1 Å². The predicted molar refractivity (Wildman–Crippen MR) is 106 cm³/mol. The van der Waals surface area contributed by atoms with Gasteiger partial charge in [0.1, 0.15) is 5.75 Å². The van der Waals surface area contributed by atoms with Crippen molar-refractivity contribution in [3.63, 3.8) is 0 Å². The highest BCUT2D eigenvalue weighted by Crippen LogP contribution is 2.25. The molecule has 144 valence electrons. The molecule has 27 heavy (non-hydrogen) atoms. The zero-order valence-electron chi connectivity index (χ0n) is 15.8. The molecule has 2 rings (SSSR count). The first kappa shape index (κ1) is 20.8. The molecule has 0 aromatic heterocycles. The molecule has 0 bridgehead atoms. The van der Waals surface area contributed by atoms with Gasteiger partial charge < -0.3 is 14.8 Å².